The predicted molar refractivity (Wildman–Crippen MR) is 236 cm³/mol. The third-order valence-electron chi connectivity index (χ3n) is 12.7. The SMILES string of the molecule is C1=CC2CC=C3C=C(c4ccc(-c5nc(-c6ccccc6)nc(-c6cc(-c7ccccc7)cc(-c7ccc(-c8ccccn8)cc7)c6)n5)cc4)C=C4CCC(C1)C2C34. The van der Waals surface area contributed by atoms with E-state index in [0.717, 1.165) is 62.0 Å². The first-order valence-electron chi connectivity index (χ1n) is 20.6. The maximum Gasteiger partial charge on any atom is 0.164 e. The number of benzene rings is 5. The van der Waals surface area contributed by atoms with Crippen molar-refractivity contribution < 1.29 is 0 Å². The van der Waals surface area contributed by atoms with Gasteiger partial charge in [-0.3, -0.25) is 4.98 Å². The molecule has 0 spiro atoms. The maximum absolute atomic E-state index is 5.22. The fourth-order valence-corrected chi connectivity index (χ4v) is 9.87. The normalized spacial score (nSPS) is 20.4. The van der Waals surface area contributed by atoms with Crippen molar-refractivity contribution in [2.75, 3.05) is 0 Å². The van der Waals surface area contributed by atoms with Gasteiger partial charge in [-0.1, -0.05) is 151 Å². The molecule has 4 unspecified atom stereocenters. The molecule has 1 fully saturated rings. The first-order valence-corrected chi connectivity index (χ1v) is 20.6. The Balaban J connectivity index is 0.981. The van der Waals surface area contributed by atoms with Crippen LogP contribution < -0.4 is 0 Å². The van der Waals surface area contributed by atoms with Gasteiger partial charge in [0.05, 0.1) is 5.69 Å². The van der Waals surface area contributed by atoms with Gasteiger partial charge in [0.25, 0.3) is 0 Å². The standard InChI is InChI=1S/C54H42N4/c1-3-10-35(11-4-1)46-32-47(36-17-21-38(22-18-36)49-16-7-8-29-55-49)34-48(33-46)54-57-52(41-12-5-2-6-13-41)56-53(58-54)42-25-19-37(20-26-42)45-30-43-27-23-39-14-9-15-40-24-28-44(31-45)51(43)50(39)40/h1-14,16-22,25-27,29-34,39-40,50-51H,15,23-24,28H2. The second-order valence-electron chi connectivity index (χ2n) is 16.1. The number of rotatable bonds is 7. The smallest absolute Gasteiger partial charge is 0.164 e. The van der Waals surface area contributed by atoms with Crippen molar-refractivity contribution >= 4 is 5.57 Å². The van der Waals surface area contributed by atoms with E-state index in [1.807, 2.05) is 42.6 Å². The van der Waals surface area contributed by atoms with Crippen LogP contribution in [0.15, 0.2) is 193 Å². The monoisotopic (exact) mass is 746 g/mol. The van der Waals surface area contributed by atoms with Gasteiger partial charge in [-0.15, -0.1) is 0 Å². The van der Waals surface area contributed by atoms with Gasteiger partial charge >= 0.3 is 0 Å². The summed E-state index contributed by atoms with van der Waals surface area (Å²) < 4.78 is 0. The maximum atomic E-state index is 5.22. The van der Waals surface area contributed by atoms with Crippen LogP contribution in [-0.4, -0.2) is 19.9 Å². The Bertz CT molecular complexity index is 2760. The zero-order valence-corrected chi connectivity index (χ0v) is 32.2. The zero-order valence-electron chi connectivity index (χ0n) is 32.2. The Morgan fingerprint density at radius 1 is 0.483 bits per heavy atom. The average molecular weight is 747 g/mol. The lowest BCUT2D eigenvalue weighted by atomic mass is 9.55. The molecule has 0 saturated heterocycles. The summed E-state index contributed by atoms with van der Waals surface area (Å²) in [5.41, 5.74) is 15.0. The summed E-state index contributed by atoms with van der Waals surface area (Å²) in [5.74, 6) is 4.84. The van der Waals surface area contributed by atoms with Crippen LogP contribution in [0, 0.1) is 23.7 Å². The summed E-state index contributed by atoms with van der Waals surface area (Å²) in [6, 6.07) is 50.9. The van der Waals surface area contributed by atoms with Crippen LogP contribution in [0.4, 0.5) is 0 Å². The lowest BCUT2D eigenvalue weighted by Gasteiger charge is -2.49. The van der Waals surface area contributed by atoms with Crippen molar-refractivity contribution in [1.29, 1.82) is 0 Å². The topological polar surface area (TPSA) is 51.6 Å². The number of aromatic nitrogens is 4. The molecule has 0 radical (unpaired) electrons. The van der Waals surface area contributed by atoms with Crippen molar-refractivity contribution in [3.05, 3.63) is 199 Å². The molecule has 0 bridgehead atoms. The molecule has 5 aromatic carbocycles. The van der Waals surface area contributed by atoms with Gasteiger partial charge < -0.3 is 0 Å². The number of pyridine rings is 1. The van der Waals surface area contributed by atoms with E-state index in [0.29, 0.717) is 29.3 Å². The molecule has 4 aliphatic rings. The minimum atomic E-state index is 0.595. The van der Waals surface area contributed by atoms with Gasteiger partial charge in [-0.05, 0) is 113 Å². The first kappa shape index (κ1) is 34.5. The summed E-state index contributed by atoms with van der Waals surface area (Å²) >= 11 is 0. The highest BCUT2D eigenvalue weighted by Crippen LogP contribution is 2.55. The summed E-state index contributed by atoms with van der Waals surface area (Å²) in [5, 5.41) is 0. The average Bonchev–Trinajstić information content (AvgIpc) is 3.31. The van der Waals surface area contributed by atoms with E-state index in [2.05, 4.69) is 145 Å². The lowest BCUT2D eigenvalue weighted by Crippen LogP contribution is -2.40. The molecular weight excluding hydrogens is 705 g/mol. The van der Waals surface area contributed by atoms with Gasteiger partial charge in [-0.2, -0.15) is 0 Å². The van der Waals surface area contributed by atoms with Crippen LogP contribution >= 0.6 is 0 Å². The Labute approximate surface area is 340 Å². The molecule has 278 valence electrons. The number of hydrogen-bond donors (Lipinski definition) is 0. The Kier molecular flexibility index (Phi) is 8.69. The number of hydrogen-bond acceptors (Lipinski definition) is 4. The predicted octanol–water partition coefficient (Wildman–Crippen LogP) is 13.1. The highest BCUT2D eigenvalue weighted by molar-refractivity contribution is 5.83. The van der Waals surface area contributed by atoms with Crippen LogP contribution in [0.3, 0.4) is 0 Å². The number of nitrogens with zero attached hydrogens (tertiary/aromatic N) is 4. The molecular formula is C54H42N4. The van der Waals surface area contributed by atoms with Gasteiger partial charge in [0.2, 0.25) is 0 Å². The van der Waals surface area contributed by atoms with Crippen molar-refractivity contribution in [3.8, 4) is 67.7 Å². The minimum absolute atomic E-state index is 0.595. The van der Waals surface area contributed by atoms with Crippen LogP contribution in [0.5, 0.6) is 0 Å². The van der Waals surface area contributed by atoms with E-state index >= 15 is 0 Å². The Hall–Kier alpha value is -6.78. The summed E-state index contributed by atoms with van der Waals surface area (Å²) in [4.78, 5) is 20.0. The van der Waals surface area contributed by atoms with E-state index in [-0.39, 0.29) is 0 Å². The van der Waals surface area contributed by atoms with Crippen LogP contribution in [0.1, 0.15) is 31.2 Å². The highest BCUT2D eigenvalue weighted by Gasteiger charge is 2.44. The van der Waals surface area contributed by atoms with Crippen LogP contribution in [-0.2, 0) is 0 Å². The van der Waals surface area contributed by atoms with Gasteiger partial charge in [0, 0.05) is 34.4 Å². The van der Waals surface area contributed by atoms with E-state index in [9.17, 15) is 0 Å². The van der Waals surface area contributed by atoms with Crippen LogP contribution in [0.2, 0.25) is 0 Å². The largest absolute Gasteiger partial charge is 0.256 e. The molecule has 0 amide bonds. The molecule has 2 heterocycles. The van der Waals surface area contributed by atoms with Crippen molar-refractivity contribution in [3.63, 3.8) is 0 Å². The molecule has 4 atom stereocenters. The summed E-state index contributed by atoms with van der Waals surface area (Å²) in [6.07, 6.45) is 19.2. The van der Waals surface area contributed by atoms with Gasteiger partial charge in [0.15, 0.2) is 17.5 Å². The molecule has 0 aliphatic heterocycles. The van der Waals surface area contributed by atoms with E-state index in [1.165, 1.54) is 42.4 Å². The second-order valence-corrected chi connectivity index (χ2v) is 16.1. The Morgan fingerprint density at radius 2 is 1.07 bits per heavy atom. The highest BCUT2D eigenvalue weighted by atomic mass is 15.0. The molecule has 4 heteroatoms. The van der Waals surface area contributed by atoms with E-state index in [4.69, 9.17) is 15.0 Å². The van der Waals surface area contributed by atoms with Gasteiger partial charge in [0.1, 0.15) is 0 Å². The van der Waals surface area contributed by atoms with E-state index < -0.39 is 0 Å². The summed E-state index contributed by atoms with van der Waals surface area (Å²) in [6.45, 7) is 0. The zero-order chi connectivity index (χ0) is 38.4. The lowest BCUT2D eigenvalue weighted by molar-refractivity contribution is 0.154. The second kappa shape index (κ2) is 14.6. The van der Waals surface area contributed by atoms with Crippen molar-refractivity contribution in [2.24, 2.45) is 23.7 Å². The quantitative estimate of drug-likeness (QED) is 0.152. The van der Waals surface area contributed by atoms with Crippen molar-refractivity contribution in [2.45, 2.75) is 25.7 Å². The molecule has 4 aliphatic carbocycles. The molecule has 2 aromatic heterocycles. The van der Waals surface area contributed by atoms with Crippen LogP contribution in [0.25, 0.3) is 73.2 Å². The van der Waals surface area contributed by atoms with Gasteiger partial charge in [-0.25, -0.2) is 15.0 Å². The minimum Gasteiger partial charge on any atom is -0.256 e. The van der Waals surface area contributed by atoms with E-state index in [1.54, 1.807) is 5.57 Å². The fourth-order valence-electron chi connectivity index (χ4n) is 9.87. The Morgan fingerprint density at radius 3 is 1.78 bits per heavy atom. The molecule has 0 N–H and O–H groups in total. The van der Waals surface area contributed by atoms with Crippen molar-refractivity contribution in [1.82, 2.24) is 19.9 Å². The molecule has 4 nitrogen and oxygen atoms in total. The molecule has 11 rings (SSSR count). The number of allylic oxidation sites excluding steroid dienone is 8. The third kappa shape index (κ3) is 6.45. The summed E-state index contributed by atoms with van der Waals surface area (Å²) in [7, 11) is 0. The fraction of sp³-hybridized carbons (Fsp3) is 0.148. The molecule has 58 heavy (non-hydrogen) atoms. The molecule has 1 saturated carbocycles. The third-order valence-corrected chi connectivity index (χ3v) is 12.7. The molecule has 7 aromatic rings. The first-order chi connectivity index (χ1) is 28.7.